The average molecular weight is 544 g/mol. The number of nitrogens with zero attached hydrogens (tertiary/aromatic N) is 3. The highest BCUT2D eigenvalue weighted by atomic mass is 35.5. The van der Waals surface area contributed by atoms with Crippen molar-refractivity contribution < 1.29 is 34.9 Å². The van der Waals surface area contributed by atoms with Crippen molar-refractivity contribution in [3.8, 4) is 34.0 Å². The second-order valence-corrected chi connectivity index (χ2v) is 8.04. The zero-order valence-electron chi connectivity index (χ0n) is 18.4. The van der Waals surface area contributed by atoms with Crippen molar-refractivity contribution in [3.05, 3.63) is 98.3 Å². The first kappa shape index (κ1) is 26.9. The molecule has 0 unspecified atom stereocenters. The van der Waals surface area contributed by atoms with Crippen molar-refractivity contribution >= 4 is 40.8 Å². The largest absolute Gasteiger partial charge is 0.507 e. The summed E-state index contributed by atoms with van der Waals surface area (Å²) in [7, 11) is 0. The van der Waals surface area contributed by atoms with Crippen LogP contribution in [0.3, 0.4) is 0 Å². The third kappa shape index (κ3) is 6.48. The standard InChI is InChI=1S/C12H7ClN2O5.C12H8ClNO3/c13-6-4-7(11(16)10(5-6)15(19)20)8-2-1-3-9(14-8)12(17)18;13-7-4-5-11(15)8(6-7)9-2-1-3-10(14-9)12(16)17/h1-5,16H,(H,17,18);1-6,15H,(H,16,17). The van der Waals surface area contributed by atoms with E-state index in [-0.39, 0.29) is 33.4 Å². The molecule has 4 aromatic rings. The molecule has 188 valence electrons. The number of carbonyl (C=O) groups is 2. The van der Waals surface area contributed by atoms with Gasteiger partial charge in [-0.3, -0.25) is 10.1 Å². The Morgan fingerprint density at radius 2 is 1.27 bits per heavy atom. The maximum absolute atomic E-state index is 10.9. The summed E-state index contributed by atoms with van der Waals surface area (Å²) in [5.74, 6) is -2.98. The van der Waals surface area contributed by atoms with Crippen LogP contribution < -0.4 is 0 Å². The van der Waals surface area contributed by atoms with E-state index in [1.807, 2.05) is 0 Å². The summed E-state index contributed by atoms with van der Waals surface area (Å²) in [5, 5.41) is 48.5. The molecule has 37 heavy (non-hydrogen) atoms. The van der Waals surface area contributed by atoms with E-state index in [1.165, 1.54) is 42.5 Å². The zero-order chi connectivity index (χ0) is 27.3. The number of carboxylic acid groups (broad SMARTS) is 2. The highest BCUT2D eigenvalue weighted by Gasteiger charge is 2.21. The second kappa shape index (κ2) is 11.3. The van der Waals surface area contributed by atoms with E-state index in [2.05, 4.69) is 9.97 Å². The Bertz CT molecular complexity index is 1530. The van der Waals surface area contributed by atoms with E-state index in [1.54, 1.807) is 18.2 Å². The van der Waals surface area contributed by atoms with E-state index in [4.69, 9.17) is 33.4 Å². The molecule has 0 atom stereocenters. The van der Waals surface area contributed by atoms with Crippen molar-refractivity contribution in [1.82, 2.24) is 9.97 Å². The van der Waals surface area contributed by atoms with Gasteiger partial charge in [0.25, 0.3) is 0 Å². The van der Waals surface area contributed by atoms with Crippen LogP contribution in [0.5, 0.6) is 11.5 Å². The molecular formula is C24H15Cl2N3O8. The predicted molar refractivity (Wildman–Crippen MR) is 133 cm³/mol. The molecule has 0 radical (unpaired) electrons. The number of hydrogen-bond acceptors (Lipinski definition) is 8. The highest BCUT2D eigenvalue weighted by Crippen LogP contribution is 2.38. The molecule has 4 N–H and O–H groups in total. The number of aromatic nitrogens is 2. The third-order valence-electron chi connectivity index (χ3n) is 4.70. The number of hydrogen-bond donors (Lipinski definition) is 4. The maximum Gasteiger partial charge on any atom is 0.354 e. The van der Waals surface area contributed by atoms with Crippen molar-refractivity contribution in [3.63, 3.8) is 0 Å². The third-order valence-corrected chi connectivity index (χ3v) is 5.15. The summed E-state index contributed by atoms with van der Waals surface area (Å²) >= 11 is 11.6. The first-order chi connectivity index (χ1) is 17.5. The smallest absolute Gasteiger partial charge is 0.354 e. The number of nitro benzene ring substituents is 1. The lowest BCUT2D eigenvalue weighted by Gasteiger charge is -2.06. The Labute approximate surface area is 218 Å². The van der Waals surface area contributed by atoms with E-state index < -0.39 is 28.3 Å². The van der Waals surface area contributed by atoms with Gasteiger partial charge in [0, 0.05) is 21.7 Å². The lowest BCUT2D eigenvalue weighted by atomic mass is 10.1. The normalized spacial score (nSPS) is 10.2. The number of aromatic hydroxyl groups is 2. The number of pyridine rings is 2. The first-order valence-corrected chi connectivity index (χ1v) is 10.8. The zero-order valence-corrected chi connectivity index (χ0v) is 19.9. The Kier molecular flexibility index (Phi) is 8.23. The summed E-state index contributed by atoms with van der Waals surface area (Å²) in [6.07, 6.45) is 0. The van der Waals surface area contributed by atoms with Crippen LogP contribution in [0.1, 0.15) is 21.0 Å². The van der Waals surface area contributed by atoms with Gasteiger partial charge in [-0.05, 0) is 48.5 Å². The molecule has 2 heterocycles. The monoisotopic (exact) mass is 543 g/mol. The van der Waals surface area contributed by atoms with Gasteiger partial charge in [-0.2, -0.15) is 0 Å². The number of phenols is 2. The van der Waals surface area contributed by atoms with Crippen molar-refractivity contribution in [2.45, 2.75) is 0 Å². The van der Waals surface area contributed by atoms with Gasteiger partial charge in [0.2, 0.25) is 5.75 Å². The summed E-state index contributed by atoms with van der Waals surface area (Å²) in [4.78, 5) is 39.4. The number of halogens is 2. The van der Waals surface area contributed by atoms with Crippen LogP contribution in [-0.4, -0.2) is 47.3 Å². The van der Waals surface area contributed by atoms with Gasteiger partial charge in [-0.25, -0.2) is 19.6 Å². The molecular weight excluding hydrogens is 529 g/mol. The Morgan fingerprint density at radius 3 is 1.78 bits per heavy atom. The number of nitro groups is 1. The fourth-order valence-electron chi connectivity index (χ4n) is 3.04. The van der Waals surface area contributed by atoms with Gasteiger partial charge in [0.1, 0.15) is 17.1 Å². The molecule has 0 fully saturated rings. The number of aromatic carboxylic acids is 2. The molecule has 0 bridgehead atoms. The SMILES string of the molecule is O=C(O)c1cccc(-c2cc(Cl)cc([N+](=O)[O-])c2O)n1.O=C(O)c1cccc(-c2cc(Cl)ccc2O)n1. The van der Waals surface area contributed by atoms with Crippen molar-refractivity contribution in [1.29, 1.82) is 0 Å². The van der Waals surface area contributed by atoms with E-state index in [9.17, 15) is 29.9 Å². The molecule has 11 nitrogen and oxygen atoms in total. The predicted octanol–water partition coefficient (Wildman–Crippen LogP) is 5.52. The van der Waals surface area contributed by atoms with Gasteiger partial charge in [-0.1, -0.05) is 35.3 Å². The highest BCUT2D eigenvalue weighted by molar-refractivity contribution is 6.31. The van der Waals surface area contributed by atoms with Crippen LogP contribution in [-0.2, 0) is 0 Å². The Balaban J connectivity index is 0.000000208. The molecule has 0 aliphatic carbocycles. The number of phenolic OH excluding ortho intramolecular Hbond substituents is 2. The Hall–Kier alpha value is -4.74. The quantitative estimate of drug-likeness (QED) is 0.184. The second-order valence-electron chi connectivity index (χ2n) is 7.17. The molecule has 0 spiro atoms. The number of carboxylic acids is 2. The van der Waals surface area contributed by atoms with Gasteiger partial charge < -0.3 is 20.4 Å². The molecule has 2 aromatic carbocycles. The lowest BCUT2D eigenvalue weighted by molar-refractivity contribution is -0.385. The minimum Gasteiger partial charge on any atom is -0.507 e. The average Bonchev–Trinajstić information content (AvgIpc) is 2.87. The van der Waals surface area contributed by atoms with Crippen LogP contribution in [0.2, 0.25) is 10.0 Å². The number of rotatable bonds is 5. The van der Waals surface area contributed by atoms with Crippen LogP contribution in [0.25, 0.3) is 22.5 Å². The van der Waals surface area contributed by atoms with Crippen LogP contribution in [0, 0.1) is 10.1 Å². The fourth-order valence-corrected chi connectivity index (χ4v) is 3.42. The molecule has 0 aliphatic heterocycles. The molecule has 2 aromatic heterocycles. The lowest BCUT2D eigenvalue weighted by Crippen LogP contribution is -2.01. The first-order valence-electron chi connectivity index (χ1n) is 10.0. The topological polar surface area (TPSA) is 184 Å². The van der Waals surface area contributed by atoms with Crippen molar-refractivity contribution in [2.24, 2.45) is 0 Å². The van der Waals surface area contributed by atoms with E-state index >= 15 is 0 Å². The van der Waals surface area contributed by atoms with Gasteiger partial charge >= 0.3 is 17.6 Å². The van der Waals surface area contributed by atoms with E-state index in [0.717, 1.165) is 6.07 Å². The summed E-state index contributed by atoms with van der Waals surface area (Å²) in [6, 6.07) is 15.4. The molecule has 13 heteroatoms. The summed E-state index contributed by atoms with van der Waals surface area (Å²) in [6.45, 7) is 0. The van der Waals surface area contributed by atoms with Crippen LogP contribution in [0.4, 0.5) is 5.69 Å². The van der Waals surface area contributed by atoms with Gasteiger partial charge in [0.15, 0.2) is 0 Å². The van der Waals surface area contributed by atoms with Crippen molar-refractivity contribution in [2.75, 3.05) is 0 Å². The molecule has 0 aliphatic rings. The molecule has 0 saturated carbocycles. The van der Waals surface area contributed by atoms with Gasteiger partial charge in [-0.15, -0.1) is 0 Å². The number of benzene rings is 2. The summed E-state index contributed by atoms with van der Waals surface area (Å²) in [5.41, 5.74) is -0.0627. The minimum atomic E-state index is -1.25. The molecule has 0 amide bonds. The Morgan fingerprint density at radius 1 is 0.757 bits per heavy atom. The minimum absolute atomic E-state index is 0.00411. The molecule has 4 rings (SSSR count). The summed E-state index contributed by atoms with van der Waals surface area (Å²) < 4.78 is 0. The van der Waals surface area contributed by atoms with E-state index in [0.29, 0.717) is 16.3 Å². The van der Waals surface area contributed by atoms with Crippen LogP contribution in [0.15, 0.2) is 66.7 Å². The van der Waals surface area contributed by atoms with Crippen LogP contribution >= 0.6 is 23.2 Å². The fraction of sp³-hybridized carbons (Fsp3) is 0. The van der Waals surface area contributed by atoms with Gasteiger partial charge in [0.05, 0.1) is 21.9 Å². The maximum atomic E-state index is 10.9. The molecule has 0 saturated heterocycles.